The molecule has 0 atom stereocenters. The van der Waals surface area contributed by atoms with Gasteiger partial charge in [0.1, 0.15) is 17.3 Å². The van der Waals surface area contributed by atoms with Crippen molar-refractivity contribution in [2.75, 3.05) is 0 Å². The minimum Gasteiger partial charge on any atom is -0.488 e. The van der Waals surface area contributed by atoms with Crippen LogP contribution in [0.1, 0.15) is 16.7 Å². The maximum absolute atomic E-state index is 5.94. The first-order chi connectivity index (χ1) is 9.06. The van der Waals surface area contributed by atoms with Gasteiger partial charge in [0.2, 0.25) is 0 Å². The predicted molar refractivity (Wildman–Crippen MR) is 82.9 cm³/mol. The van der Waals surface area contributed by atoms with E-state index in [1.54, 1.807) is 0 Å². The number of benzene rings is 2. The van der Waals surface area contributed by atoms with E-state index < -0.39 is 0 Å². The highest BCUT2D eigenvalue weighted by molar-refractivity contribution is 7.80. The van der Waals surface area contributed by atoms with Crippen molar-refractivity contribution in [2.45, 2.75) is 13.5 Å². The molecule has 0 fully saturated rings. The molecule has 0 radical (unpaired) electrons. The summed E-state index contributed by atoms with van der Waals surface area (Å²) in [5.41, 5.74) is 8.54. The molecule has 2 nitrogen and oxygen atoms in total. The standard InChI is InChI=1S/C15H14ClNOS/c1-10-5-6-13(15(17)19)14(7-10)18-9-11-3-2-4-12(16)8-11/h2-8H,9H2,1H3,(H2,17,19). The lowest BCUT2D eigenvalue weighted by Gasteiger charge is -2.11. The minimum atomic E-state index is 0.334. The highest BCUT2D eigenvalue weighted by Crippen LogP contribution is 2.22. The van der Waals surface area contributed by atoms with E-state index in [1.165, 1.54) is 0 Å². The van der Waals surface area contributed by atoms with Crippen molar-refractivity contribution in [3.63, 3.8) is 0 Å². The summed E-state index contributed by atoms with van der Waals surface area (Å²) in [5, 5.41) is 0.694. The van der Waals surface area contributed by atoms with Crippen LogP contribution >= 0.6 is 23.8 Å². The Morgan fingerprint density at radius 1 is 1.26 bits per heavy atom. The number of rotatable bonds is 4. The molecule has 4 heteroatoms. The molecule has 98 valence electrons. The van der Waals surface area contributed by atoms with Crippen LogP contribution in [0.2, 0.25) is 5.02 Å². The van der Waals surface area contributed by atoms with Gasteiger partial charge in [-0.25, -0.2) is 0 Å². The summed E-state index contributed by atoms with van der Waals surface area (Å²) in [6.45, 7) is 2.43. The van der Waals surface area contributed by atoms with Gasteiger partial charge < -0.3 is 10.5 Å². The molecule has 0 saturated heterocycles. The second kappa shape index (κ2) is 6.04. The minimum absolute atomic E-state index is 0.334. The van der Waals surface area contributed by atoms with Gasteiger partial charge in [-0.2, -0.15) is 0 Å². The number of nitrogens with two attached hydrogens (primary N) is 1. The Bertz CT molecular complexity index is 613. The van der Waals surface area contributed by atoms with E-state index in [0.717, 1.165) is 16.7 Å². The van der Waals surface area contributed by atoms with Crippen LogP contribution in [-0.2, 0) is 6.61 Å². The lowest BCUT2D eigenvalue weighted by atomic mass is 10.1. The molecule has 0 bridgehead atoms. The Balaban J connectivity index is 2.19. The molecule has 0 aliphatic heterocycles. The van der Waals surface area contributed by atoms with Crippen molar-refractivity contribution in [2.24, 2.45) is 5.73 Å². The van der Waals surface area contributed by atoms with E-state index in [9.17, 15) is 0 Å². The van der Waals surface area contributed by atoms with Gasteiger partial charge in [0, 0.05) is 5.02 Å². The van der Waals surface area contributed by atoms with E-state index in [4.69, 9.17) is 34.3 Å². The number of halogens is 1. The molecule has 0 aliphatic carbocycles. The number of thiocarbonyl (C=S) groups is 1. The molecule has 2 aromatic rings. The van der Waals surface area contributed by atoms with Crippen LogP contribution in [0.3, 0.4) is 0 Å². The summed E-state index contributed by atoms with van der Waals surface area (Å²) >= 11 is 11.0. The molecule has 0 heterocycles. The molecule has 2 N–H and O–H groups in total. The second-order valence-corrected chi connectivity index (χ2v) is 5.16. The van der Waals surface area contributed by atoms with Crippen LogP contribution < -0.4 is 10.5 Å². The third-order valence-corrected chi connectivity index (χ3v) is 3.14. The summed E-state index contributed by atoms with van der Waals surface area (Å²) in [5.74, 6) is 0.701. The predicted octanol–water partition coefficient (Wildman–Crippen LogP) is 3.86. The molecule has 0 aliphatic rings. The number of hydrogen-bond donors (Lipinski definition) is 1. The lowest BCUT2D eigenvalue weighted by Crippen LogP contribution is -2.11. The zero-order valence-electron chi connectivity index (χ0n) is 10.5. The Morgan fingerprint density at radius 2 is 2.05 bits per heavy atom. The summed E-state index contributed by atoms with van der Waals surface area (Å²) in [7, 11) is 0. The third-order valence-electron chi connectivity index (χ3n) is 2.69. The van der Waals surface area contributed by atoms with Crippen LogP contribution in [0.15, 0.2) is 42.5 Å². The monoisotopic (exact) mass is 291 g/mol. The van der Waals surface area contributed by atoms with Gasteiger partial charge >= 0.3 is 0 Å². The van der Waals surface area contributed by atoms with Crippen molar-refractivity contribution in [3.8, 4) is 5.75 Å². The first-order valence-electron chi connectivity index (χ1n) is 5.84. The second-order valence-electron chi connectivity index (χ2n) is 4.28. The van der Waals surface area contributed by atoms with Crippen LogP contribution in [-0.4, -0.2) is 4.99 Å². The van der Waals surface area contributed by atoms with E-state index in [-0.39, 0.29) is 0 Å². The Labute approximate surface area is 123 Å². The van der Waals surface area contributed by atoms with Crippen molar-refractivity contribution >= 4 is 28.8 Å². The zero-order chi connectivity index (χ0) is 13.8. The zero-order valence-corrected chi connectivity index (χ0v) is 12.1. The topological polar surface area (TPSA) is 35.2 Å². The van der Waals surface area contributed by atoms with Gasteiger partial charge in [0.25, 0.3) is 0 Å². The molecule has 0 unspecified atom stereocenters. The fourth-order valence-electron chi connectivity index (χ4n) is 1.74. The average molecular weight is 292 g/mol. The maximum atomic E-state index is 5.94. The quantitative estimate of drug-likeness (QED) is 0.869. The lowest BCUT2D eigenvalue weighted by molar-refractivity contribution is 0.305. The summed E-state index contributed by atoms with van der Waals surface area (Å²) in [4.78, 5) is 0.334. The van der Waals surface area contributed by atoms with Gasteiger partial charge in [0.15, 0.2) is 0 Å². The van der Waals surface area contributed by atoms with E-state index >= 15 is 0 Å². The van der Waals surface area contributed by atoms with Crippen molar-refractivity contribution in [1.82, 2.24) is 0 Å². The molecular weight excluding hydrogens is 278 g/mol. The van der Waals surface area contributed by atoms with E-state index in [1.807, 2.05) is 49.4 Å². The molecule has 19 heavy (non-hydrogen) atoms. The number of aryl methyl sites for hydroxylation is 1. The first-order valence-corrected chi connectivity index (χ1v) is 6.62. The van der Waals surface area contributed by atoms with Crippen LogP contribution in [0.5, 0.6) is 5.75 Å². The SMILES string of the molecule is Cc1ccc(C(N)=S)c(OCc2cccc(Cl)c2)c1. The van der Waals surface area contributed by atoms with Gasteiger partial charge in [-0.3, -0.25) is 0 Å². The number of ether oxygens (including phenoxy) is 1. The van der Waals surface area contributed by atoms with Gasteiger partial charge in [0.05, 0.1) is 5.56 Å². The Hall–Kier alpha value is -1.58. The highest BCUT2D eigenvalue weighted by atomic mass is 35.5. The van der Waals surface area contributed by atoms with Crippen LogP contribution in [0.4, 0.5) is 0 Å². The maximum Gasteiger partial charge on any atom is 0.130 e. The fraction of sp³-hybridized carbons (Fsp3) is 0.133. The van der Waals surface area contributed by atoms with E-state index in [0.29, 0.717) is 22.4 Å². The average Bonchev–Trinajstić information content (AvgIpc) is 2.36. The summed E-state index contributed by atoms with van der Waals surface area (Å²) in [6.07, 6.45) is 0. The third kappa shape index (κ3) is 3.69. The first kappa shape index (κ1) is 13.8. The van der Waals surface area contributed by atoms with Crippen molar-refractivity contribution in [1.29, 1.82) is 0 Å². The molecular formula is C15H14ClNOS. The summed E-state index contributed by atoms with van der Waals surface area (Å²) in [6, 6.07) is 13.3. The molecule has 2 aromatic carbocycles. The van der Waals surface area contributed by atoms with Crippen molar-refractivity contribution in [3.05, 3.63) is 64.2 Å². The number of hydrogen-bond acceptors (Lipinski definition) is 2. The van der Waals surface area contributed by atoms with Crippen LogP contribution in [0, 0.1) is 6.92 Å². The molecule has 0 aromatic heterocycles. The Kier molecular flexibility index (Phi) is 4.40. The smallest absolute Gasteiger partial charge is 0.130 e. The van der Waals surface area contributed by atoms with E-state index in [2.05, 4.69) is 0 Å². The highest BCUT2D eigenvalue weighted by Gasteiger charge is 2.07. The molecule has 0 spiro atoms. The normalized spacial score (nSPS) is 10.2. The summed E-state index contributed by atoms with van der Waals surface area (Å²) < 4.78 is 5.79. The van der Waals surface area contributed by atoms with Gasteiger partial charge in [-0.15, -0.1) is 0 Å². The molecule has 0 amide bonds. The fourth-order valence-corrected chi connectivity index (χ4v) is 2.12. The largest absolute Gasteiger partial charge is 0.488 e. The van der Waals surface area contributed by atoms with Crippen LogP contribution in [0.25, 0.3) is 0 Å². The molecule has 0 saturated carbocycles. The van der Waals surface area contributed by atoms with Gasteiger partial charge in [-0.05, 0) is 42.3 Å². The molecule has 2 rings (SSSR count). The Morgan fingerprint density at radius 3 is 2.74 bits per heavy atom. The van der Waals surface area contributed by atoms with Gasteiger partial charge in [-0.1, -0.05) is 42.0 Å². The van der Waals surface area contributed by atoms with Crippen molar-refractivity contribution < 1.29 is 4.74 Å².